The monoisotopic (exact) mass is 268 g/mol. The van der Waals surface area contributed by atoms with Gasteiger partial charge in [0, 0.05) is 31.8 Å². The number of rotatable bonds is 3. The van der Waals surface area contributed by atoms with Crippen LogP contribution in [0.2, 0.25) is 0 Å². The molecule has 2 fully saturated rings. The molecule has 112 valence electrons. The first-order valence-electron chi connectivity index (χ1n) is 8.27. The Morgan fingerprint density at radius 2 is 2.11 bits per heavy atom. The summed E-state index contributed by atoms with van der Waals surface area (Å²) in [5.41, 5.74) is 6.50. The third-order valence-corrected chi connectivity index (χ3v) is 5.35. The Morgan fingerprint density at radius 3 is 2.84 bits per heavy atom. The first-order chi connectivity index (χ1) is 9.20. The number of hydrogen-bond acceptors (Lipinski definition) is 3. The Hall–Kier alpha value is -0.120. The lowest BCUT2D eigenvalue weighted by atomic mass is 9.87. The number of nitrogens with two attached hydrogens (primary N) is 1. The van der Waals surface area contributed by atoms with Crippen molar-refractivity contribution < 1.29 is 4.74 Å². The average molecular weight is 268 g/mol. The summed E-state index contributed by atoms with van der Waals surface area (Å²) >= 11 is 0. The van der Waals surface area contributed by atoms with Crippen LogP contribution in [0.25, 0.3) is 0 Å². The van der Waals surface area contributed by atoms with Crippen LogP contribution >= 0.6 is 0 Å². The van der Waals surface area contributed by atoms with Crippen molar-refractivity contribution >= 4 is 0 Å². The van der Waals surface area contributed by atoms with Gasteiger partial charge in [-0.2, -0.15) is 0 Å². The summed E-state index contributed by atoms with van der Waals surface area (Å²) in [4.78, 5) is 2.67. The van der Waals surface area contributed by atoms with E-state index in [0.717, 1.165) is 32.0 Å². The summed E-state index contributed by atoms with van der Waals surface area (Å²) in [5.74, 6) is 0.925. The molecule has 2 aliphatic rings. The molecule has 0 radical (unpaired) electrons. The summed E-state index contributed by atoms with van der Waals surface area (Å²) in [6, 6.07) is 0. The van der Waals surface area contributed by atoms with Gasteiger partial charge >= 0.3 is 0 Å². The maximum absolute atomic E-state index is 6.24. The van der Waals surface area contributed by atoms with Gasteiger partial charge < -0.3 is 10.5 Å². The molecule has 1 heterocycles. The van der Waals surface area contributed by atoms with Crippen LogP contribution in [0.5, 0.6) is 0 Å². The first kappa shape index (κ1) is 15.3. The highest BCUT2D eigenvalue weighted by molar-refractivity contribution is 4.95. The molecule has 19 heavy (non-hydrogen) atoms. The van der Waals surface area contributed by atoms with E-state index in [4.69, 9.17) is 10.5 Å². The number of hydrogen-bond donors (Lipinski definition) is 1. The standard InChI is InChI=1S/C16H32N2O/c1-3-15-6-4-8-16(13-17,9-7-15)18-10-5-11-19-14(2)12-18/h14-15H,3-13,17H2,1-2H3. The fourth-order valence-corrected chi connectivity index (χ4v) is 3.94. The highest BCUT2D eigenvalue weighted by Crippen LogP contribution is 2.36. The molecule has 1 saturated carbocycles. The smallest absolute Gasteiger partial charge is 0.0674 e. The van der Waals surface area contributed by atoms with Crippen molar-refractivity contribution in [3.05, 3.63) is 0 Å². The van der Waals surface area contributed by atoms with E-state index in [1.807, 2.05) is 0 Å². The fourth-order valence-electron chi connectivity index (χ4n) is 3.94. The lowest BCUT2D eigenvalue weighted by Crippen LogP contribution is -2.55. The molecular formula is C16H32N2O. The molecule has 0 spiro atoms. The number of nitrogens with zero attached hydrogens (tertiary/aromatic N) is 1. The Morgan fingerprint density at radius 1 is 1.26 bits per heavy atom. The van der Waals surface area contributed by atoms with Crippen LogP contribution in [-0.2, 0) is 4.74 Å². The Bertz CT molecular complexity index is 271. The molecular weight excluding hydrogens is 236 g/mol. The predicted molar refractivity (Wildman–Crippen MR) is 80.3 cm³/mol. The first-order valence-corrected chi connectivity index (χ1v) is 8.27. The van der Waals surface area contributed by atoms with E-state index < -0.39 is 0 Å². The van der Waals surface area contributed by atoms with Crippen LogP contribution in [0.15, 0.2) is 0 Å². The summed E-state index contributed by atoms with van der Waals surface area (Å²) in [7, 11) is 0. The number of ether oxygens (including phenoxy) is 1. The molecule has 0 aromatic heterocycles. The van der Waals surface area contributed by atoms with E-state index in [9.17, 15) is 0 Å². The van der Waals surface area contributed by atoms with Crippen molar-refractivity contribution in [2.24, 2.45) is 11.7 Å². The van der Waals surface area contributed by atoms with Gasteiger partial charge in [0.1, 0.15) is 0 Å². The van der Waals surface area contributed by atoms with Crippen molar-refractivity contribution in [1.29, 1.82) is 0 Å². The summed E-state index contributed by atoms with van der Waals surface area (Å²) in [6.45, 7) is 8.49. The van der Waals surface area contributed by atoms with Crippen LogP contribution < -0.4 is 5.73 Å². The van der Waals surface area contributed by atoms with E-state index in [1.54, 1.807) is 0 Å². The van der Waals surface area contributed by atoms with Crippen molar-refractivity contribution in [2.45, 2.75) is 70.4 Å². The lowest BCUT2D eigenvalue weighted by Gasteiger charge is -2.43. The summed E-state index contributed by atoms with van der Waals surface area (Å²) < 4.78 is 5.80. The van der Waals surface area contributed by atoms with Gasteiger partial charge in [-0.15, -0.1) is 0 Å². The molecule has 0 bridgehead atoms. The van der Waals surface area contributed by atoms with Gasteiger partial charge in [0.25, 0.3) is 0 Å². The second-order valence-corrected chi connectivity index (χ2v) is 6.61. The molecule has 3 unspecified atom stereocenters. The topological polar surface area (TPSA) is 38.5 Å². The van der Waals surface area contributed by atoms with Gasteiger partial charge in [0.05, 0.1) is 6.10 Å². The molecule has 2 rings (SSSR count). The van der Waals surface area contributed by atoms with E-state index in [1.165, 1.54) is 45.1 Å². The van der Waals surface area contributed by atoms with E-state index in [2.05, 4.69) is 18.7 Å². The lowest BCUT2D eigenvalue weighted by molar-refractivity contribution is 0.0307. The van der Waals surface area contributed by atoms with Gasteiger partial charge in [-0.1, -0.05) is 26.2 Å². The fraction of sp³-hybridized carbons (Fsp3) is 1.00. The SMILES string of the molecule is CCC1CCCC(CN)(N2CCCOC(C)C2)CC1. The van der Waals surface area contributed by atoms with Gasteiger partial charge in [-0.3, -0.25) is 4.90 Å². The van der Waals surface area contributed by atoms with Gasteiger partial charge in [-0.05, 0) is 38.5 Å². The molecule has 0 aromatic rings. The van der Waals surface area contributed by atoms with Crippen LogP contribution in [0, 0.1) is 5.92 Å². The van der Waals surface area contributed by atoms with Gasteiger partial charge in [0.15, 0.2) is 0 Å². The predicted octanol–water partition coefficient (Wildman–Crippen LogP) is 2.79. The zero-order valence-corrected chi connectivity index (χ0v) is 12.9. The molecule has 3 heteroatoms. The van der Waals surface area contributed by atoms with Crippen molar-refractivity contribution in [3.8, 4) is 0 Å². The second kappa shape index (κ2) is 7.05. The summed E-state index contributed by atoms with van der Waals surface area (Å²) in [5, 5.41) is 0. The normalized spacial score (nSPS) is 38.7. The van der Waals surface area contributed by atoms with Crippen molar-refractivity contribution in [1.82, 2.24) is 4.90 Å². The molecule has 1 saturated heterocycles. The Balaban J connectivity index is 2.07. The highest BCUT2D eigenvalue weighted by Gasteiger charge is 2.38. The minimum absolute atomic E-state index is 0.256. The maximum Gasteiger partial charge on any atom is 0.0674 e. The second-order valence-electron chi connectivity index (χ2n) is 6.61. The van der Waals surface area contributed by atoms with E-state index in [0.29, 0.717) is 6.10 Å². The third kappa shape index (κ3) is 3.71. The summed E-state index contributed by atoms with van der Waals surface area (Å²) in [6.07, 6.45) is 9.53. The zero-order valence-electron chi connectivity index (χ0n) is 12.9. The Kier molecular flexibility index (Phi) is 5.67. The maximum atomic E-state index is 6.24. The quantitative estimate of drug-likeness (QED) is 0.800. The minimum atomic E-state index is 0.256. The molecule has 2 N–H and O–H groups in total. The molecule has 0 aromatic carbocycles. The zero-order chi connectivity index (χ0) is 13.7. The van der Waals surface area contributed by atoms with Crippen LogP contribution in [0.3, 0.4) is 0 Å². The molecule has 0 amide bonds. The molecule has 1 aliphatic heterocycles. The third-order valence-electron chi connectivity index (χ3n) is 5.35. The van der Waals surface area contributed by atoms with Crippen molar-refractivity contribution in [2.75, 3.05) is 26.2 Å². The van der Waals surface area contributed by atoms with Crippen LogP contribution in [0.1, 0.15) is 58.8 Å². The highest BCUT2D eigenvalue weighted by atomic mass is 16.5. The average Bonchev–Trinajstić information content (AvgIpc) is 2.77. The van der Waals surface area contributed by atoms with E-state index in [-0.39, 0.29) is 5.54 Å². The largest absolute Gasteiger partial charge is 0.377 e. The van der Waals surface area contributed by atoms with Crippen LogP contribution in [0.4, 0.5) is 0 Å². The molecule has 3 atom stereocenters. The minimum Gasteiger partial charge on any atom is -0.377 e. The van der Waals surface area contributed by atoms with Crippen LogP contribution in [-0.4, -0.2) is 42.8 Å². The van der Waals surface area contributed by atoms with Gasteiger partial charge in [-0.25, -0.2) is 0 Å². The Labute approximate surface area is 118 Å². The van der Waals surface area contributed by atoms with Gasteiger partial charge in [0.2, 0.25) is 0 Å². The molecule has 1 aliphatic carbocycles. The van der Waals surface area contributed by atoms with Crippen molar-refractivity contribution in [3.63, 3.8) is 0 Å². The van der Waals surface area contributed by atoms with E-state index >= 15 is 0 Å². The molecule has 3 nitrogen and oxygen atoms in total.